The van der Waals surface area contributed by atoms with Gasteiger partial charge in [-0.05, 0) is 49.5 Å². The number of quaternary nitrogens is 1. The summed E-state index contributed by atoms with van der Waals surface area (Å²) in [5.41, 5.74) is 1.91. The highest BCUT2D eigenvalue weighted by Crippen LogP contribution is 2.38. The molecule has 2 aliphatic rings. The van der Waals surface area contributed by atoms with Crippen molar-refractivity contribution in [2.24, 2.45) is 0 Å². The Morgan fingerprint density at radius 2 is 1.96 bits per heavy atom. The molecule has 134 valence electrons. The first-order chi connectivity index (χ1) is 12.7. The number of fused-ring (bicyclic) bond motifs is 1. The van der Waals surface area contributed by atoms with Gasteiger partial charge in [-0.15, -0.1) is 0 Å². The van der Waals surface area contributed by atoms with Crippen LogP contribution in [0.4, 0.5) is 0 Å². The first-order valence-electron chi connectivity index (χ1n) is 9.23. The number of ether oxygens (including phenoxy) is 1. The third-order valence-corrected chi connectivity index (χ3v) is 5.12. The average molecular weight is 350 g/mol. The van der Waals surface area contributed by atoms with E-state index in [2.05, 4.69) is 4.98 Å². The zero-order valence-electron chi connectivity index (χ0n) is 14.7. The smallest absolute Gasteiger partial charge is 0.231 e. The van der Waals surface area contributed by atoms with Crippen LogP contribution in [0.25, 0.3) is 6.08 Å². The number of nitrogens with zero attached hydrogens (tertiary/aromatic N) is 1. The molecule has 5 nitrogen and oxygen atoms in total. The van der Waals surface area contributed by atoms with E-state index in [1.807, 2.05) is 12.1 Å². The summed E-state index contributed by atoms with van der Waals surface area (Å²) in [5, 5.41) is 12.5. The summed E-state index contributed by atoms with van der Waals surface area (Å²) < 4.78 is 5.88. The number of allylic oxidation sites excluding steroid dienone is 1. The van der Waals surface area contributed by atoms with Gasteiger partial charge in [-0.3, -0.25) is 9.78 Å². The van der Waals surface area contributed by atoms with Crippen molar-refractivity contribution in [1.82, 2.24) is 4.98 Å². The maximum Gasteiger partial charge on any atom is 0.231 e. The van der Waals surface area contributed by atoms with E-state index in [4.69, 9.17) is 4.74 Å². The van der Waals surface area contributed by atoms with E-state index in [-0.39, 0.29) is 17.3 Å². The molecule has 2 aromatic rings. The second kappa shape index (κ2) is 7.30. The number of hydrogen-bond donors (Lipinski definition) is 1. The summed E-state index contributed by atoms with van der Waals surface area (Å²) in [5.74, 6) is 0.493. The maximum atomic E-state index is 12.7. The Hall–Kier alpha value is -2.66. The Bertz CT molecular complexity index is 838. The van der Waals surface area contributed by atoms with Crippen LogP contribution in [0.1, 0.15) is 47.2 Å². The molecule has 3 heterocycles. The van der Waals surface area contributed by atoms with E-state index >= 15 is 0 Å². The predicted octanol–water partition coefficient (Wildman–Crippen LogP) is 1.73. The highest BCUT2D eigenvalue weighted by Gasteiger charge is 2.31. The van der Waals surface area contributed by atoms with Crippen molar-refractivity contribution in [1.29, 1.82) is 0 Å². The lowest BCUT2D eigenvalue weighted by Crippen LogP contribution is -3.10. The Kier molecular flexibility index (Phi) is 4.71. The predicted molar refractivity (Wildman–Crippen MR) is 95.9 cm³/mol. The van der Waals surface area contributed by atoms with Crippen molar-refractivity contribution < 1.29 is 19.5 Å². The van der Waals surface area contributed by atoms with Crippen molar-refractivity contribution >= 4 is 11.9 Å². The van der Waals surface area contributed by atoms with E-state index in [1.54, 1.807) is 24.5 Å². The third-order valence-electron chi connectivity index (χ3n) is 5.12. The largest absolute Gasteiger partial charge is 0.872 e. The van der Waals surface area contributed by atoms with Crippen LogP contribution in [0, 0.1) is 0 Å². The molecular formula is C21H22N2O3. The molecule has 0 aliphatic carbocycles. The van der Waals surface area contributed by atoms with Crippen LogP contribution in [0.3, 0.4) is 0 Å². The van der Waals surface area contributed by atoms with E-state index in [0.717, 1.165) is 18.7 Å². The van der Waals surface area contributed by atoms with Crippen LogP contribution in [0.15, 0.2) is 42.4 Å². The van der Waals surface area contributed by atoms with Gasteiger partial charge in [0.25, 0.3) is 0 Å². The number of Topliss-reactive ketones (excluding diaryl/α,β-unsaturated/α-hetero) is 1. The first-order valence-corrected chi connectivity index (χ1v) is 9.23. The van der Waals surface area contributed by atoms with Gasteiger partial charge in [-0.2, -0.15) is 0 Å². The molecule has 0 spiro atoms. The van der Waals surface area contributed by atoms with E-state index in [0.29, 0.717) is 23.4 Å². The van der Waals surface area contributed by atoms with Gasteiger partial charge >= 0.3 is 0 Å². The van der Waals surface area contributed by atoms with Crippen LogP contribution in [-0.4, -0.2) is 23.9 Å². The lowest BCUT2D eigenvalue weighted by molar-refractivity contribution is -0.913. The van der Waals surface area contributed by atoms with Crippen molar-refractivity contribution in [3.05, 3.63) is 59.1 Å². The van der Waals surface area contributed by atoms with Crippen molar-refractivity contribution in [3.8, 4) is 11.5 Å². The lowest BCUT2D eigenvalue weighted by atomic mass is 10.0. The summed E-state index contributed by atoms with van der Waals surface area (Å²) in [6.07, 6.45) is 9.92. The Labute approximate surface area is 152 Å². The third kappa shape index (κ3) is 3.35. The molecule has 2 aliphatic heterocycles. The molecule has 0 radical (unpaired) electrons. The van der Waals surface area contributed by atoms with Gasteiger partial charge in [0.15, 0.2) is 5.76 Å². The Balaban J connectivity index is 1.64. The molecule has 0 bridgehead atoms. The normalized spacial score (nSPS) is 19.2. The summed E-state index contributed by atoms with van der Waals surface area (Å²) >= 11 is 0. The molecule has 1 aromatic heterocycles. The molecule has 1 N–H and O–H groups in total. The fourth-order valence-corrected chi connectivity index (χ4v) is 3.72. The number of likely N-dealkylation sites (tertiary alicyclic amines) is 1. The minimum absolute atomic E-state index is 0.0454. The van der Waals surface area contributed by atoms with Crippen LogP contribution < -0.4 is 14.7 Å². The molecule has 26 heavy (non-hydrogen) atoms. The number of hydrogen-bond acceptors (Lipinski definition) is 4. The first kappa shape index (κ1) is 16.8. The summed E-state index contributed by atoms with van der Waals surface area (Å²) in [7, 11) is 0. The van der Waals surface area contributed by atoms with Gasteiger partial charge in [0.05, 0.1) is 18.7 Å². The van der Waals surface area contributed by atoms with Gasteiger partial charge in [0, 0.05) is 18.0 Å². The molecule has 1 fully saturated rings. The lowest BCUT2D eigenvalue weighted by Gasteiger charge is -2.22. The molecule has 5 heteroatoms. The number of nitrogens with one attached hydrogen (secondary N) is 1. The highest BCUT2D eigenvalue weighted by molar-refractivity contribution is 6.14. The number of carbonyl (C=O) groups excluding carboxylic acids is 1. The second-order valence-corrected chi connectivity index (χ2v) is 6.99. The Morgan fingerprint density at radius 3 is 2.69 bits per heavy atom. The summed E-state index contributed by atoms with van der Waals surface area (Å²) in [4.78, 5) is 18.1. The molecule has 0 unspecified atom stereocenters. The molecule has 0 atom stereocenters. The van der Waals surface area contributed by atoms with Crippen molar-refractivity contribution in [2.75, 3.05) is 13.1 Å². The average Bonchev–Trinajstić information content (AvgIpc) is 2.83. The summed E-state index contributed by atoms with van der Waals surface area (Å²) in [6.45, 7) is 2.75. The second-order valence-electron chi connectivity index (χ2n) is 6.99. The SMILES string of the molecule is O=C1/C(=C/c2cccnc2)Oc2c1ccc([O-])c2C[NH+]1CCCCCC1. The zero-order chi connectivity index (χ0) is 17.9. The highest BCUT2D eigenvalue weighted by atomic mass is 16.5. The number of pyridine rings is 1. The zero-order valence-corrected chi connectivity index (χ0v) is 14.7. The van der Waals surface area contributed by atoms with Crippen LogP contribution in [-0.2, 0) is 6.54 Å². The fourth-order valence-electron chi connectivity index (χ4n) is 3.72. The van der Waals surface area contributed by atoms with E-state index in [9.17, 15) is 9.90 Å². The molecule has 1 aromatic carbocycles. The number of aromatic nitrogens is 1. The van der Waals surface area contributed by atoms with Crippen LogP contribution in [0.5, 0.6) is 11.5 Å². The molecule has 1 saturated heterocycles. The molecule has 4 rings (SSSR count). The van der Waals surface area contributed by atoms with E-state index < -0.39 is 0 Å². The number of rotatable bonds is 3. The van der Waals surface area contributed by atoms with Gasteiger partial charge in [0.2, 0.25) is 5.78 Å². The van der Waals surface area contributed by atoms with Crippen LogP contribution in [0.2, 0.25) is 0 Å². The van der Waals surface area contributed by atoms with Gasteiger partial charge in [0.1, 0.15) is 12.3 Å². The molecule has 0 amide bonds. The summed E-state index contributed by atoms with van der Waals surface area (Å²) in [6, 6.07) is 6.76. The van der Waals surface area contributed by atoms with Crippen LogP contribution >= 0.6 is 0 Å². The number of benzene rings is 1. The quantitative estimate of drug-likeness (QED) is 0.856. The van der Waals surface area contributed by atoms with Crippen molar-refractivity contribution in [2.45, 2.75) is 32.2 Å². The van der Waals surface area contributed by atoms with Gasteiger partial charge < -0.3 is 14.7 Å². The topological polar surface area (TPSA) is 66.7 Å². The number of ketones is 1. The maximum absolute atomic E-state index is 12.7. The Morgan fingerprint density at radius 1 is 1.15 bits per heavy atom. The van der Waals surface area contributed by atoms with Gasteiger partial charge in [-0.1, -0.05) is 17.9 Å². The molecular weight excluding hydrogens is 328 g/mol. The molecule has 0 saturated carbocycles. The van der Waals surface area contributed by atoms with Crippen molar-refractivity contribution in [3.63, 3.8) is 0 Å². The monoisotopic (exact) mass is 350 g/mol. The van der Waals surface area contributed by atoms with E-state index in [1.165, 1.54) is 36.6 Å². The fraction of sp³-hybridized carbons (Fsp3) is 0.333. The number of carbonyl (C=O) groups is 1. The minimum Gasteiger partial charge on any atom is -0.872 e. The van der Waals surface area contributed by atoms with Gasteiger partial charge in [-0.25, -0.2) is 0 Å². The minimum atomic E-state index is -0.170. The standard InChI is InChI=1S/C21H22N2O3/c24-18-8-7-16-20(25)19(12-15-6-5-9-22-13-15)26-21(16)17(18)14-23-10-3-1-2-4-11-23/h5-9,12-13,24H,1-4,10-11,14H2/b19-12-.